The van der Waals surface area contributed by atoms with E-state index < -0.39 is 0 Å². The van der Waals surface area contributed by atoms with Gasteiger partial charge in [0.1, 0.15) is 11.6 Å². The van der Waals surface area contributed by atoms with Gasteiger partial charge in [0.05, 0.1) is 19.0 Å². The van der Waals surface area contributed by atoms with Crippen molar-refractivity contribution in [2.45, 2.75) is 26.7 Å². The quantitative estimate of drug-likeness (QED) is 0.595. The van der Waals surface area contributed by atoms with Crippen molar-refractivity contribution in [1.82, 2.24) is 4.98 Å². The number of para-hydroxylation sites is 1. The lowest BCUT2D eigenvalue weighted by Crippen LogP contribution is -2.12. The molecule has 144 valence electrons. The highest BCUT2D eigenvalue weighted by molar-refractivity contribution is 6.04. The van der Waals surface area contributed by atoms with Crippen molar-refractivity contribution in [3.8, 4) is 5.75 Å². The Morgan fingerprint density at radius 3 is 2.18 bits per heavy atom. The van der Waals surface area contributed by atoms with Crippen LogP contribution in [0.15, 0.2) is 60.8 Å². The molecule has 1 amide bonds. The summed E-state index contributed by atoms with van der Waals surface area (Å²) in [5.41, 5.74) is 4.85. The maximum atomic E-state index is 12.4. The minimum atomic E-state index is -0.185. The van der Waals surface area contributed by atoms with Crippen molar-refractivity contribution < 1.29 is 9.53 Å². The smallest absolute Gasteiger partial charge is 0.255 e. The van der Waals surface area contributed by atoms with E-state index in [4.69, 9.17) is 4.74 Å². The van der Waals surface area contributed by atoms with E-state index in [0.29, 0.717) is 17.0 Å². The first-order valence-electron chi connectivity index (χ1n) is 9.43. The number of hydrogen-bond acceptors (Lipinski definition) is 4. The van der Waals surface area contributed by atoms with Crippen molar-refractivity contribution in [2.75, 3.05) is 17.7 Å². The highest BCUT2D eigenvalue weighted by atomic mass is 16.5. The van der Waals surface area contributed by atoms with E-state index in [1.807, 2.05) is 12.1 Å². The second-order valence-corrected chi connectivity index (χ2v) is 6.40. The Balaban J connectivity index is 1.71. The van der Waals surface area contributed by atoms with Gasteiger partial charge in [0.2, 0.25) is 0 Å². The molecule has 0 saturated heterocycles. The highest BCUT2D eigenvalue weighted by Gasteiger charge is 2.09. The SMILES string of the molecule is CCc1cccc(CC)c1Nc1ccc(NC(=O)c2ccc(OC)cc2)cn1. The van der Waals surface area contributed by atoms with Gasteiger partial charge in [-0.25, -0.2) is 4.98 Å². The van der Waals surface area contributed by atoms with Gasteiger partial charge in [-0.05, 0) is 60.4 Å². The first-order valence-corrected chi connectivity index (χ1v) is 9.43. The first kappa shape index (κ1) is 19.4. The van der Waals surface area contributed by atoms with Crippen molar-refractivity contribution in [1.29, 1.82) is 0 Å². The molecule has 1 heterocycles. The van der Waals surface area contributed by atoms with Gasteiger partial charge in [0, 0.05) is 11.3 Å². The summed E-state index contributed by atoms with van der Waals surface area (Å²) >= 11 is 0. The average Bonchev–Trinajstić information content (AvgIpc) is 2.75. The van der Waals surface area contributed by atoms with Crippen LogP contribution >= 0.6 is 0 Å². The largest absolute Gasteiger partial charge is 0.497 e. The van der Waals surface area contributed by atoms with E-state index >= 15 is 0 Å². The minimum Gasteiger partial charge on any atom is -0.497 e. The zero-order valence-electron chi connectivity index (χ0n) is 16.5. The zero-order chi connectivity index (χ0) is 19.9. The number of hydrogen-bond donors (Lipinski definition) is 2. The number of anilines is 3. The fourth-order valence-corrected chi connectivity index (χ4v) is 3.02. The van der Waals surface area contributed by atoms with Crippen LogP contribution in [0.4, 0.5) is 17.2 Å². The summed E-state index contributed by atoms with van der Waals surface area (Å²) < 4.78 is 5.11. The van der Waals surface area contributed by atoms with Crippen molar-refractivity contribution in [3.05, 3.63) is 77.5 Å². The van der Waals surface area contributed by atoms with Crippen molar-refractivity contribution in [2.24, 2.45) is 0 Å². The number of benzene rings is 2. The van der Waals surface area contributed by atoms with Crippen molar-refractivity contribution in [3.63, 3.8) is 0 Å². The molecule has 0 fully saturated rings. The van der Waals surface area contributed by atoms with Gasteiger partial charge in [0.25, 0.3) is 5.91 Å². The maximum Gasteiger partial charge on any atom is 0.255 e. The molecule has 0 aliphatic carbocycles. The van der Waals surface area contributed by atoms with E-state index in [2.05, 4.69) is 47.7 Å². The molecule has 5 heteroatoms. The third kappa shape index (κ3) is 4.49. The molecule has 0 bridgehead atoms. The maximum absolute atomic E-state index is 12.4. The molecule has 3 rings (SSSR count). The molecule has 5 nitrogen and oxygen atoms in total. The van der Waals surface area contributed by atoms with Crippen LogP contribution in [-0.2, 0) is 12.8 Å². The van der Waals surface area contributed by atoms with E-state index in [0.717, 1.165) is 24.3 Å². The molecule has 1 aromatic heterocycles. The van der Waals surface area contributed by atoms with E-state index in [1.165, 1.54) is 11.1 Å². The number of nitrogens with one attached hydrogen (secondary N) is 2. The molecule has 0 spiro atoms. The van der Waals surface area contributed by atoms with E-state index in [-0.39, 0.29) is 5.91 Å². The van der Waals surface area contributed by atoms with Gasteiger partial charge in [-0.1, -0.05) is 32.0 Å². The lowest BCUT2D eigenvalue weighted by molar-refractivity contribution is 0.102. The Morgan fingerprint density at radius 2 is 1.64 bits per heavy atom. The minimum absolute atomic E-state index is 0.185. The summed E-state index contributed by atoms with van der Waals surface area (Å²) in [5.74, 6) is 1.28. The van der Waals surface area contributed by atoms with Crippen LogP contribution < -0.4 is 15.4 Å². The molecule has 2 N–H and O–H groups in total. The molecule has 0 aliphatic heterocycles. The van der Waals surface area contributed by atoms with Crippen LogP contribution in [0, 0.1) is 0 Å². The highest BCUT2D eigenvalue weighted by Crippen LogP contribution is 2.26. The third-order valence-electron chi connectivity index (χ3n) is 4.63. The van der Waals surface area contributed by atoms with E-state index in [1.54, 1.807) is 37.6 Å². The predicted molar refractivity (Wildman–Crippen MR) is 114 cm³/mol. The fourth-order valence-electron chi connectivity index (χ4n) is 3.02. The summed E-state index contributed by atoms with van der Waals surface area (Å²) in [4.78, 5) is 16.8. The van der Waals surface area contributed by atoms with Gasteiger partial charge >= 0.3 is 0 Å². The molecular formula is C23H25N3O2. The number of pyridine rings is 1. The third-order valence-corrected chi connectivity index (χ3v) is 4.63. The fraction of sp³-hybridized carbons (Fsp3) is 0.217. The Labute approximate surface area is 165 Å². The molecular weight excluding hydrogens is 350 g/mol. The van der Waals surface area contributed by atoms with Crippen LogP contribution in [0.1, 0.15) is 35.3 Å². The van der Waals surface area contributed by atoms with Crippen molar-refractivity contribution >= 4 is 23.1 Å². The lowest BCUT2D eigenvalue weighted by Gasteiger charge is -2.15. The first-order chi connectivity index (χ1) is 13.6. The Morgan fingerprint density at radius 1 is 0.964 bits per heavy atom. The zero-order valence-corrected chi connectivity index (χ0v) is 16.5. The number of ether oxygens (including phenoxy) is 1. The molecule has 0 unspecified atom stereocenters. The number of rotatable bonds is 7. The predicted octanol–water partition coefficient (Wildman–Crippen LogP) is 5.21. The molecule has 28 heavy (non-hydrogen) atoms. The number of aryl methyl sites for hydroxylation is 2. The number of amides is 1. The number of nitrogens with zero attached hydrogens (tertiary/aromatic N) is 1. The number of methoxy groups -OCH3 is 1. The summed E-state index contributed by atoms with van der Waals surface area (Å²) in [6.45, 7) is 4.29. The Bertz CT molecular complexity index is 913. The summed E-state index contributed by atoms with van der Waals surface area (Å²) in [6, 6.07) is 17.0. The summed E-state index contributed by atoms with van der Waals surface area (Å²) in [5, 5.41) is 6.29. The molecule has 2 aromatic carbocycles. The standard InChI is InChI=1S/C23H25N3O2/c1-4-16-7-6-8-17(5-2)22(16)26-21-14-11-19(15-24-21)25-23(27)18-9-12-20(28-3)13-10-18/h6-15H,4-5H2,1-3H3,(H,24,26)(H,25,27). The van der Waals surface area contributed by atoms with Crippen LogP contribution in [0.25, 0.3) is 0 Å². The number of carbonyl (C=O) groups excluding carboxylic acids is 1. The van der Waals surface area contributed by atoms with Crippen LogP contribution in [0.3, 0.4) is 0 Å². The summed E-state index contributed by atoms with van der Waals surface area (Å²) in [6.07, 6.45) is 3.56. The van der Waals surface area contributed by atoms with Crippen LogP contribution in [0.2, 0.25) is 0 Å². The monoisotopic (exact) mass is 375 g/mol. The van der Waals surface area contributed by atoms with Gasteiger partial charge in [-0.2, -0.15) is 0 Å². The molecule has 0 atom stereocenters. The van der Waals surface area contributed by atoms with Crippen LogP contribution in [0.5, 0.6) is 5.75 Å². The molecule has 3 aromatic rings. The van der Waals surface area contributed by atoms with Gasteiger partial charge in [-0.3, -0.25) is 4.79 Å². The Kier molecular flexibility index (Phi) is 6.27. The van der Waals surface area contributed by atoms with Gasteiger partial charge < -0.3 is 15.4 Å². The second kappa shape index (κ2) is 9.04. The number of aromatic nitrogens is 1. The topological polar surface area (TPSA) is 63.2 Å². The van der Waals surface area contributed by atoms with Crippen LogP contribution in [-0.4, -0.2) is 18.0 Å². The van der Waals surface area contributed by atoms with E-state index in [9.17, 15) is 4.79 Å². The average molecular weight is 375 g/mol. The van der Waals surface area contributed by atoms with Gasteiger partial charge in [-0.15, -0.1) is 0 Å². The second-order valence-electron chi connectivity index (χ2n) is 6.40. The summed E-state index contributed by atoms with van der Waals surface area (Å²) in [7, 11) is 1.60. The number of carbonyl (C=O) groups is 1. The normalized spacial score (nSPS) is 10.4. The molecule has 0 saturated carbocycles. The van der Waals surface area contributed by atoms with Gasteiger partial charge in [0.15, 0.2) is 0 Å². The molecule has 0 aliphatic rings. The lowest BCUT2D eigenvalue weighted by atomic mass is 10.0. The molecule has 0 radical (unpaired) electrons. The Hall–Kier alpha value is -3.34.